The van der Waals surface area contributed by atoms with Crippen LogP contribution in [0.25, 0.3) is 0 Å². The van der Waals surface area contributed by atoms with Crippen LogP contribution in [-0.4, -0.2) is 36.6 Å². The molecule has 0 bridgehead atoms. The van der Waals surface area contributed by atoms with Gasteiger partial charge in [0.15, 0.2) is 0 Å². The second-order valence-electron chi connectivity index (χ2n) is 6.94. The Labute approximate surface area is 120 Å². The molecule has 2 rings (SSSR count). The van der Waals surface area contributed by atoms with Gasteiger partial charge < -0.3 is 10.2 Å². The van der Waals surface area contributed by atoms with Crippen LogP contribution >= 0.6 is 0 Å². The van der Waals surface area contributed by atoms with E-state index in [1.54, 1.807) is 0 Å². The van der Waals surface area contributed by atoms with E-state index < -0.39 is 0 Å². The highest BCUT2D eigenvalue weighted by molar-refractivity contribution is 4.84. The normalized spacial score (nSPS) is 30.2. The molecule has 0 aromatic rings. The molecule has 1 N–H and O–H groups in total. The standard InChI is InChI=1S/C17H34N2/c1-4-19-12-8-11-17(13-19)15(3)18-14(2)16-9-6-5-7-10-16/h14-18H,4-13H2,1-3H3/t14-,15?,17?/m0/s1. The first kappa shape index (κ1) is 15.3. The molecule has 1 heterocycles. The van der Waals surface area contributed by atoms with Crippen molar-refractivity contribution in [2.75, 3.05) is 19.6 Å². The molecule has 2 nitrogen and oxygen atoms in total. The van der Waals surface area contributed by atoms with Crippen LogP contribution in [0.5, 0.6) is 0 Å². The minimum atomic E-state index is 0.686. The van der Waals surface area contributed by atoms with E-state index in [4.69, 9.17) is 0 Å². The van der Waals surface area contributed by atoms with Gasteiger partial charge in [0.2, 0.25) is 0 Å². The van der Waals surface area contributed by atoms with Gasteiger partial charge in [-0.15, -0.1) is 0 Å². The summed E-state index contributed by atoms with van der Waals surface area (Å²) < 4.78 is 0. The van der Waals surface area contributed by atoms with Crippen molar-refractivity contribution in [2.24, 2.45) is 11.8 Å². The monoisotopic (exact) mass is 266 g/mol. The third-order valence-electron chi connectivity index (χ3n) is 5.58. The number of hydrogen-bond acceptors (Lipinski definition) is 2. The van der Waals surface area contributed by atoms with Crippen molar-refractivity contribution in [3.8, 4) is 0 Å². The van der Waals surface area contributed by atoms with Crippen molar-refractivity contribution in [2.45, 2.75) is 77.8 Å². The van der Waals surface area contributed by atoms with Crippen LogP contribution in [0.4, 0.5) is 0 Å². The van der Waals surface area contributed by atoms with Crippen molar-refractivity contribution < 1.29 is 0 Å². The Kier molecular flexibility index (Phi) is 6.15. The van der Waals surface area contributed by atoms with Gasteiger partial charge in [-0.2, -0.15) is 0 Å². The van der Waals surface area contributed by atoms with E-state index in [1.165, 1.54) is 64.6 Å². The molecule has 0 aromatic heterocycles. The lowest BCUT2D eigenvalue weighted by Gasteiger charge is -2.38. The van der Waals surface area contributed by atoms with E-state index in [0.29, 0.717) is 12.1 Å². The zero-order valence-electron chi connectivity index (χ0n) is 13.3. The highest BCUT2D eigenvalue weighted by Crippen LogP contribution is 2.27. The fraction of sp³-hybridized carbons (Fsp3) is 1.00. The topological polar surface area (TPSA) is 15.3 Å². The molecule has 1 aliphatic carbocycles. The molecule has 1 aliphatic heterocycles. The highest BCUT2D eigenvalue weighted by atomic mass is 15.1. The third-order valence-corrected chi connectivity index (χ3v) is 5.58. The maximum absolute atomic E-state index is 3.94. The molecular formula is C17H34N2. The van der Waals surface area contributed by atoms with Crippen LogP contribution in [0, 0.1) is 11.8 Å². The maximum atomic E-state index is 3.94. The van der Waals surface area contributed by atoms with Gasteiger partial charge >= 0.3 is 0 Å². The summed E-state index contributed by atoms with van der Waals surface area (Å²) in [4.78, 5) is 2.62. The van der Waals surface area contributed by atoms with Gasteiger partial charge in [0, 0.05) is 18.6 Å². The number of likely N-dealkylation sites (tertiary alicyclic amines) is 1. The van der Waals surface area contributed by atoms with E-state index in [0.717, 1.165) is 11.8 Å². The average molecular weight is 266 g/mol. The second kappa shape index (κ2) is 7.64. The summed E-state index contributed by atoms with van der Waals surface area (Å²) in [6.45, 7) is 11.0. The highest BCUT2D eigenvalue weighted by Gasteiger charge is 2.27. The molecule has 1 saturated heterocycles. The first-order chi connectivity index (χ1) is 9.20. The van der Waals surface area contributed by atoms with Gasteiger partial charge in [-0.3, -0.25) is 0 Å². The summed E-state index contributed by atoms with van der Waals surface area (Å²) in [7, 11) is 0. The van der Waals surface area contributed by atoms with Crippen LogP contribution < -0.4 is 5.32 Å². The van der Waals surface area contributed by atoms with Crippen molar-refractivity contribution >= 4 is 0 Å². The Morgan fingerprint density at radius 1 is 0.947 bits per heavy atom. The van der Waals surface area contributed by atoms with Gasteiger partial charge in [0.25, 0.3) is 0 Å². The fourth-order valence-corrected chi connectivity index (χ4v) is 4.11. The lowest BCUT2D eigenvalue weighted by atomic mass is 9.83. The Morgan fingerprint density at radius 2 is 1.58 bits per heavy atom. The minimum absolute atomic E-state index is 0.686. The lowest BCUT2D eigenvalue weighted by Crippen LogP contribution is -2.48. The quantitative estimate of drug-likeness (QED) is 0.817. The fourth-order valence-electron chi connectivity index (χ4n) is 4.11. The van der Waals surface area contributed by atoms with Crippen molar-refractivity contribution in [3.05, 3.63) is 0 Å². The number of nitrogens with zero attached hydrogens (tertiary/aromatic N) is 1. The van der Waals surface area contributed by atoms with Crippen molar-refractivity contribution in [3.63, 3.8) is 0 Å². The molecule has 1 saturated carbocycles. The van der Waals surface area contributed by atoms with Gasteiger partial charge in [-0.05, 0) is 64.5 Å². The molecule has 3 atom stereocenters. The molecule has 0 aromatic carbocycles. The lowest BCUT2D eigenvalue weighted by molar-refractivity contribution is 0.144. The van der Waals surface area contributed by atoms with E-state index in [9.17, 15) is 0 Å². The predicted octanol–water partition coefficient (Wildman–Crippen LogP) is 3.67. The van der Waals surface area contributed by atoms with Crippen LogP contribution in [0.2, 0.25) is 0 Å². The second-order valence-corrected chi connectivity index (χ2v) is 6.94. The van der Waals surface area contributed by atoms with Crippen LogP contribution in [-0.2, 0) is 0 Å². The summed E-state index contributed by atoms with van der Waals surface area (Å²) in [5, 5.41) is 3.94. The van der Waals surface area contributed by atoms with Crippen molar-refractivity contribution in [1.82, 2.24) is 10.2 Å². The average Bonchev–Trinajstić information content (AvgIpc) is 2.48. The largest absolute Gasteiger partial charge is 0.311 e. The van der Waals surface area contributed by atoms with Gasteiger partial charge in [0.05, 0.1) is 0 Å². The summed E-state index contributed by atoms with van der Waals surface area (Å²) >= 11 is 0. The Bertz CT molecular complexity index is 248. The smallest absolute Gasteiger partial charge is 0.00818 e. The molecule has 0 spiro atoms. The third kappa shape index (κ3) is 4.46. The predicted molar refractivity (Wildman–Crippen MR) is 83.5 cm³/mol. The number of rotatable bonds is 5. The number of piperidine rings is 1. The van der Waals surface area contributed by atoms with Gasteiger partial charge in [0.1, 0.15) is 0 Å². The number of hydrogen-bond donors (Lipinski definition) is 1. The first-order valence-electron chi connectivity index (χ1n) is 8.69. The Morgan fingerprint density at radius 3 is 2.26 bits per heavy atom. The zero-order chi connectivity index (χ0) is 13.7. The first-order valence-corrected chi connectivity index (χ1v) is 8.69. The van der Waals surface area contributed by atoms with Crippen LogP contribution in [0.1, 0.15) is 65.7 Å². The molecule has 19 heavy (non-hydrogen) atoms. The molecule has 0 radical (unpaired) electrons. The zero-order valence-corrected chi connectivity index (χ0v) is 13.3. The van der Waals surface area contributed by atoms with E-state index in [-0.39, 0.29) is 0 Å². The summed E-state index contributed by atoms with van der Waals surface area (Å²) in [5.41, 5.74) is 0. The molecule has 2 unspecified atom stereocenters. The Balaban J connectivity index is 1.77. The van der Waals surface area contributed by atoms with Gasteiger partial charge in [-0.25, -0.2) is 0 Å². The van der Waals surface area contributed by atoms with E-state index in [1.807, 2.05) is 0 Å². The maximum Gasteiger partial charge on any atom is 0.00818 e. The van der Waals surface area contributed by atoms with E-state index in [2.05, 4.69) is 31.0 Å². The summed E-state index contributed by atoms with van der Waals surface area (Å²) in [6, 6.07) is 1.40. The molecule has 2 aliphatic rings. The van der Waals surface area contributed by atoms with Crippen LogP contribution in [0.15, 0.2) is 0 Å². The summed E-state index contributed by atoms with van der Waals surface area (Å²) in [6.07, 6.45) is 10.1. The molecule has 2 heteroatoms. The van der Waals surface area contributed by atoms with E-state index >= 15 is 0 Å². The summed E-state index contributed by atoms with van der Waals surface area (Å²) in [5.74, 6) is 1.79. The molecular weight excluding hydrogens is 232 g/mol. The molecule has 112 valence electrons. The SMILES string of the molecule is CCN1CCCC(C(C)N[C@@H](C)C2CCCCC2)C1. The Hall–Kier alpha value is -0.0800. The molecule has 2 fully saturated rings. The van der Waals surface area contributed by atoms with Crippen LogP contribution in [0.3, 0.4) is 0 Å². The van der Waals surface area contributed by atoms with Gasteiger partial charge in [-0.1, -0.05) is 26.2 Å². The van der Waals surface area contributed by atoms with Crippen molar-refractivity contribution in [1.29, 1.82) is 0 Å². The minimum Gasteiger partial charge on any atom is -0.311 e. The molecule has 0 amide bonds. The number of nitrogens with one attached hydrogen (secondary N) is 1.